The third kappa shape index (κ3) is 2.75. The predicted molar refractivity (Wildman–Crippen MR) is 88.5 cm³/mol. The number of fused-ring (bicyclic) bond motifs is 1. The van der Waals surface area contributed by atoms with Gasteiger partial charge < -0.3 is 10.5 Å². The number of carbonyl (C=O) groups excluding carboxylic acids is 2. The molecule has 2 heterocycles. The van der Waals surface area contributed by atoms with Crippen LogP contribution in [0.4, 0.5) is 10.2 Å². The lowest BCUT2D eigenvalue weighted by Gasteiger charge is -2.17. The number of pyridine rings is 1. The minimum Gasteiger partial charge on any atom is -0.488 e. The Balaban J connectivity index is 2.24. The van der Waals surface area contributed by atoms with E-state index in [-0.39, 0.29) is 40.9 Å². The van der Waals surface area contributed by atoms with E-state index in [2.05, 4.69) is 5.32 Å². The van der Waals surface area contributed by atoms with Gasteiger partial charge in [0.05, 0.1) is 23.4 Å². The molecule has 0 saturated carbocycles. The average molecular weight is 345 g/mol. The standard InChI is InChI=1S/C17H16FN3O4/c1-8(2)7-25-14-10(18)4-3-5-11(14)21-12(22)6-9-13(15(21)19)17(24)20-16(9)23/h3-6,8H,7,19H2,1-2H3,(H,20,23,24). The number of amides is 2. The predicted octanol–water partition coefficient (Wildman–Crippen LogP) is 1.48. The van der Waals surface area contributed by atoms with Crippen molar-refractivity contribution in [2.75, 3.05) is 12.3 Å². The maximum Gasteiger partial charge on any atom is 0.262 e. The van der Waals surface area contributed by atoms with Crippen molar-refractivity contribution in [3.05, 3.63) is 51.6 Å². The van der Waals surface area contributed by atoms with E-state index in [9.17, 15) is 18.8 Å². The van der Waals surface area contributed by atoms with Crippen LogP contribution in [-0.4, -0.2) is 23.0 Å². The van der Waals surface area contributed by atoms with E-state index in [1.165, 1.54) is 18.2 Å². The van der Waals surface area contributed by atoms with Gasteiger partial charge in [0.15, 0.2) is 11.6 Å². The SMILES string of the molecule is CC(C)COc1c(F)cccc1-n1c(N)c2c(cc1=O)C(=O)NC2=O. The number of nitrogen functional groups attached to an aromatic ring is 1. The van der Waals surface area contributed by atoms with Crippen molar-refractivity contribution in [3.63, 3.8) is 0 Å². The van der Waals surface area contributed by atoms with E-state index in [1.54, 1.807) is 0 Å². The Hall–Kier alpha value is -3.16. The normalized spacial score (nSPS) is 13.1. The van der Waals surface area contributed by atoms with Crippen LogP contribution in [0.1, 0.15) is 34.6 Å². The number of rotatable bonds is 4. The summed E-state index contributed by atoms with van der Waals surface area (Å²) in [6.07, 6.45) is 0. The van der Waals surface area contributed by atoms with Crippen LogP contribution >= 0.6 is 0 Å². The molecule has 25 heavy (non-hydrogen) atoms. The maximum atomic E-state index is 14.2. The van der Waals surface area contributed by atoms with E-state index in [0.717, 1.165) is 10.6 Å². The highest BCUT2D eigenvalue weighted by molar-refractivity contribution is 6.23. The summed E-state index contributed by atoms with van der Waals surface area (Å²) < 4.78 is 20.7. The summed E-state index contributed by atoms with van der Waals surface area (Å²) in [6.45, 7) is 4.02. The van der Waals surface area contributed by atoms with E-state index in [1.807, 2.05) is 13.8 Å². The fourth-order valence-electron chi connectivity index (χ4n) is 2.59. The number of aromatic nitrogens is 1. The molecule has 0 bridgehead atoms. The number of anilines is 1. The molecule has 1 aromatic heterocycles. The quantitative estimate of drug-likeness (QED) is 0.817. The molecule has 0 unspecified atom stereocenters. The molecule has 2 amide bonds. The Kier molecular flexibility index (Phi) is 4.03. The van der Waals surface area contributed by atoms with E-state index >= 15 is 0 Å². The van der Waals surface area contributed by atoms with Gasteiger partial charge in [-0.2, -0.15) is 0 Å². The fourth-order valence-corrected chi connectivity index (χ4v) is 2.59. The van der Waals surface area contributed by atoms with E-state index < -0.39 is 23.2 Å². The summed E-state index contributed by atoms with van der Waals surface area (Å²) >= 11 is 0. The molecule has 3 N–H and O–H groups in total. The first-order chi connectivity index (χ1) is 11.8. The molecule has 1 aliphatic rings. The summed E-state index contributed by atoms with van der Waals surface area (Å²) in [5.41, 5.74) is 5.17. The molecular formula is C17H16FN3O4. The Labute approximate surface area is 142 Å². The van der Waals surface area contributed by atoms with Crippen LogP contribution in [0.15, 0.2) is 29.1 Å². The summed E-state index contributed by atoms with van der Waals surface area (Å²) in [7, 11) is 0. The second-order valence-corrected chi connectivity index (χ2v) is 6.07. The minimum atomic E-state index is -0.702. The number of hydrogen-bond donors (Lipinski definition) is 2. The van der Waals surface area contributed by atoms with Crippen molar-refractivity contribution in [1.82, 2.24) is 9.88 Å². The van der Waals surface area contributed by atoms with Gasteiger partial charge in [-0.25, -0.2) is 4.39 Å². The first kappa shape index (κ1) is 16.7. The molecule has 0 saturated heterocycles. The van der Waals surface area contributed by atoms with Crippen LogP contribution in [0.2, 0.25) is 0 Å². The number of imide groups is 1. The second kappa shape index (κ2) is 6.04. The lowest BCUT2D eigenvalue weighted by molar-refractivity contribution is 0.0880. The molecule has 0 fully saturated rings. The van der Waals surface area contributed by atoms with Gasteiger partial charge in [-0.15, -0.1) is 0 Å². The second-order valence-electron chi connectivity index (χ2n) is 6.07. The number of ether oxygens (including phenoxy) is 1. The monoisotopic (exact) mass is 345 g/mol. The van der Waals surface area contributed by atoms with Gasteiger partial charge in [0.2, 0.25) is 0 Å². The molecule has 1 aromatic carbocycles. The van der Waals surface area contributed by atoms with E-state index in [0.29, 0.717) is 0 Å². The van der Waals surface area contributed by atoms with Crippen molar-refractivity contribution in [1.29, 1.82) is 0 Å². The van der Waals surface area contributed by atoms with Gasteiger partial charge in [-0.05, 0) is 18.1 Å². The fraction of sp³-hybridized carbons (Fsp3) is 0.235. The van der Waals surface area contributed by atoms with Gasteiger partial charge in [0.1, 0.15) is 5.82 Å². The number of nitrogens with two attached hydrogens (primary N) is 1. The lowest BCUT2D eigenvalue weighted by Crippen LogP contribution is -2.25. The zero-order chi connectivity index (χ0) is 18.3. The largest absolute Gasteiger partial charge is 0.488 e. The first-order valence-corrected chi connectivity index (χ1v) is 7.64. The Morgan fingerprint density at radius 2 is 1.96 bits per heavy atom. The smallest absolute Gasteiger partial charge is 0.262 e. The zero-order valence-electron chi connectivity index (χ0n) is 13.6. The molecule has 0 atom stereocenters. The Morgan fingerprint density at radius 3 is 2.64 bits per heavy atom. The van der Waals surface area contributed by atoms with Crippen LogP contribution < -0.4 is 21.3 Å². The third-order valence-corrected chi connectivity index (χ3v) is 3.70. The molecular weight excluding hydrogens is 329 g/mol. The summed E-state index contributed by atoms with van der Waals surface area (Å²) in [4.78, 5) is 36.1. The van der Waals surface area contributed by atoms with Gasteiger partial charge in [-0.3, -0.25) is 24.3 Å². The van der Waals surface area contributed by atoms with Crippen LogP contribution in [0.3, 0.4) is 0 Å². The highest BCUT2D eigenvalue weighted by atomic mass is 19.1. The molecule has 2 aromatic rings. The number of benzene rings is 1. The Morgan fingerprint density at radius 1 is 1.24 bits per heavy atom. The van der Waals surface area contributed by atoms with Crippen molar-refractivity contribution in [2.45, 2.75) is 13.8 Å². The van der Waals surface area contributed by atoms with Crippen LogP contribution in [0, 0.1) is 11.7 Å². The van der Waals surface area contributed by atoms with Crippen LogP contribution in [-0.2, 0) is 0 Å². The highest BCUT2D eigenvalue weighted by Gasteiger charge is 2.32. The number of para-hydroxylation sites is 1. The first-order valence-electron chi connectivity index (χ1n) is 7.64. The molecule has 1 aliphatic heterocycles. The van der Waals surface area contributed by atoms with Gasteiger partial charge in [0.25, 0.3) is 17.4 Å². The number of halogens is 1. The number of hydrogen-bond acceptors (Lipinski definition) is 5. The number of nitrogens with zero attached hydrogens (tertiary/aromatic N) is 1. The summed E-state index contributed by atoms with van der Waals surface area (Å²) in [6, 6.07) is 5.06. The molecule has 0 aliphatic carbocycles. The number of nitrogens with one attached hydrogen (secondary N) is 1. The minimum absolute atomic E-state index is 0.0677. The lowest BCUT2D eigenvalue weighted by atomic mass is 10.1. The van der Waals surface area contributed by atoms with Crippen molar-refractivity contribution in [2.24, 2.45) is 5.92 Å². The Bertz CT molecular complexity index is 950. The van der Waals surface area contributed by atoms with E-state index in [4.69, 9.17) is 10.5 Å². The topological polar surface area (TPSA) is 103 Å². The van der Waals surface area contributed by atoms with Crippen LogP contribution in [0.5, 0.6) is 5.75 Å². The van der Waals surface area contributed by atoms with Crippen molar-refractivity contribution in [3.8, 4) is 11.4 Å². The van der Waals surface area contributed by atoms with Gasteiger partial charge in [-0.1, -0.05) is 19.9 Å². The maximum absolute atomic E-state index is 14.2. The number of carbonyl (C=O) groups is 2. The van der Waals surface area contributed by atoms with Gasteiger partial charge >= 0.3 is 0 Å². The van der Waals surface area contributed by atoms with Crippen LogP contribution in [0.25, 0.3) is 5.69 Å². The molecule has 7 nitrogen and oxygen atoms in total. The summed E-state index contributed by atoms with van der Waals surface area (Å²) in [5.74, 6) is -2.31. The molecule has 130 valence electrons. The molecule has 0 radical (unpaired) electrons. The molecule has 0 spiro atoms. The third-order valence-electron chi connectivity index (χ3n) is 3.70. The van der Waals surface area contributed by atoms with Crippen molar-refractivity contribution < 1.29 is 18.7 Å². The highest BCUT2D eigenvalue weighted by Crippen LogP contribution is 2.30. The molecule has 3 rings (SSSR count). The molecule has 8 heteroatoms. The zero-order valence-corrected chi connectivity index (χ0v) is 13.6. The van der Waals surface area contributed by atoms with Gasteiger partial charge in [0, 0.05) is 6.07 Å². The summed E-state index contributed by atoms with van der Waals surface area (Å²) in [5, 5.41) is 2.08. The average Bonchev–Trinajstić information content (AvgIpc) is 2.80. The van der Waals surface area contributed by atoms with Crippen molar-refractivity contribution >= 4 is 17.6 Å².